The van der Waals surface area contributed by atoms with Crippen LogP contribution in [0.4, 0.5) is 10.1 Å². The van der Waals surface area contributed by atoms with E-state index < -0.39 is 39.9 Å². The molecule has 1 aromatic heterocycles. The van der Waals surface area contributed by atoms with Gasteiger partial charge in [0.15, 0.2) is 5.82 Å². The number of H-pyrrole nitrogens is 1. The maximum atomic E-state index is 14.7. The van der Waals surface area contributed by atoms with Crippen LogP contribution in [0.2, 0.25) is 0 Å². The molecule has 0 aliphatic carbocycles. The number of amides is 1. The second kappa shape index (κ2) is 4.70. The molecule has 0 spiro atoms. The first kappa shape index (κ1) is 14.3. The lowest BCUT2D eigenvalue weighted by molar-refractivity contribution is -0.117. The smallest absolute Gasteiger partial charge is 0.326 e. The molecular weight excluding hydrogens is 315 g/mol. The summed E-state index contributed by atoms with van der Waals surface area (Å²) in [6, 6.07) is 2.45. The number of phenols is 1. The molecule has 10 heteroatoms. The van der Waals surface area contributed by atoms with Crippen molar-refractivity contribution in [3.05, 3.63) is 30.0 Å². The van der Waals surface area contributed by atoms with Gasteiger partial charge in [-0.05, 0) is 19.1 Å². The van der Waals surface area contributed by atoms with Gasteiger partial charge < -0.3 is 10.1 Å². The van der Waals surface area contributed by atoms with Gasteiger partial charge in [-0.3, -0.25) is 4.79 Å². The largest absolute Gasteiger partial charge is 0.506 e. The van der Waals surface area contributed by atoms with E-state index >= 15 is 0 Å². The zero-order valence-corrected chi connectivity index (χ0v) is 12.1. The molecule has 1 aromatic carbocycles. The molecule has 2 heterocycles. The predicted molar refractivity (Wildman–Crippen MR) is 74.8 cm³/mol. The van der Waals surface area contributed by atoms with Crippen LogP contribution in [0.3, 0.4) is 0 Å². The average molecular weight is 326 g/mol. The SMILES string of the molecule is Cc1ncc(-c2ccc(O)c(N3CC(=O)NS3(=O)=O)c2F)[nH]1. The maximum absolute atomic E-state index is 14.7. The lowest BCUT2D eigenvalue weighted by Gasteiger charge is -2.18. The number of rotatable bonds is 2. The summed E-state index contributed by atoms with van der Waals surface area (Å²) in [5, 5.41) is 9.84. The first-order chi connectivity index (χ1) is 10.3. The second-order valence-corrected chi connectivity index (χ2v) is 6.31. The molecule has 0 unspecified atom stereocenters. The predicted octanol–water partition coefficient (Wildman–Crippen LogP) is 0.411. The van der Waals surface area contributed by atoms with E-state index in [-0.39, 0.29) is 5.56 Å². The zero-order valence-electron chi connectivity index (χ0n) is 11.3. The van der Waals surface area contributed by atoms with E-state index in [4.69, 9.17) is 0 Å². The van der Waals surface area contributed by atoms with E-state index in [0.717, 1.165) is 6.07 Å². The Bertz CT molecular complexity index is 877. The molecule has 0 radical (unpaired) electrons. The highest BCUT2D eigenvalue weighted by Crippen LogP contribution is 2.38. The van der Waals surface area contributed by atoms with Crippen molar-refractivity contribution in [2.45, 2.75) is 6.92 Å². The number of aryl methyl sites for hydroxylation is 1. The molecule has 3 rings (SSSR count). The lowest BCUT2D eigenvalue weighted by atomic mass is 10.1. The molecule has 1 aliphatic rings. The van der Waals surface area contributed by atoms with Crippen molar-refractivity contribution in [1.29, 1.82) is 0 Å². The Hall–Kier alpha value is -2.62. The summed E-state index contributed by atoms with van der Waals surface area (Å²) in [4.78, 5) is 18.0. The molecule has 0 saturated carbocycles. The number of hydrogen-bond acceptors (Lipinski definition) is 5. The number of phenolic OH excluding ortho intramolecular Hbond substituents is 1. The van der Waals surface area contributed by atoms with Gasteiger partial charge in [-0.1, -0.05) is 0 Å². The minimum absolute atomic E-state index is 0.0305. The monoisotopic (exact) mass is 326 g/mol. The van der Waals surface area contributed by atoms with Crippen LogP contribution in [0.5, 0.6) is 5.75 Å². The number of carbonyl (C=O) groups excluding carboxylic acids is 1. The van der Waals surface area contributed by atoms with Crippen molar-refractivity contribution in [1.82, 2.24) is 14.7 Å². The number of halogens is 1. The van der Waals surface area contributed by atoms with Crippen LogP contribution in [-0.2, 0) is 15.0 Å². The number of aromatic nitrogens is 2. The summed E-state index contributed by atoms with van der Waals surface area (Å²) in [6.07, 6.45) is 1.39. The van der Waals surface area contributed by atoms with Gasteiger partial charge in [-0.25, -0.2) is 18.4 Å². The van der Waals surface area contributed by atoms with Gasteiger partial charge in [0.05, 0.1) is 11.9 Å². The minimum atomic E-state index is -4.22. The summed E-state index contributed by atoms with van der Waals surface area (Å²) < 4.78 is 40.6. The number of hydrogen-bond donors (Lipinski definition) is 3. The van der Waals surface area contributed by atoms with E-state index in [9.17, 15) is 22.7 Å². The fourth-order valence-corrected chi connectivity index (χ4v) is 3.37. The van der Waals surface area contributed by atoms with E-state index in [2.05, 4.69) is 9.97 Å². The fourth-order valence-electron chi connectivity index (χ4n) is 2.20. The third kappa shape index (κ3) is 2.17. The number of nitrogens with zero attached hydrogens (tertiary/aromatic N) is 2. The van der Waals surface area contributed by atoms with Crippen LogP contribution in [-0.4, -0.2) is 35.9 Å². The third-order valence-electron chi connectivity index (χ3n) is 3.16. The van der Waals surface area contributed by atoms with E-state index in [1.54, 1.807) is 11.6 Å². The van der Waals surface area contributed by atoms with Gasteiger partial charge >= 0.3 is 10.2 Å². The highest BCUT2D eigenvalue weighted by atomic mass is 32.2. The van der Waals surface area contributed by atoms with E-state index in [1.807, 2.05) is 0 Å². The van der Waals surface area contributed by atoms with Crippen molar-refractivity contribution >= 4 is 21.8 Å². The van der Waals surface area contributed by atoms with Gasteiger partial charge in [0.1, 0.15) is 23.8 Å². The van der Waals surface area contributed by atoms with Crippen LogP contribution in [0.25, 0.3) is 11.3 Å². The quantitative estimate of drug-likeness (QED) is 0.739. The zero-order chi connectivity index (χ0) is 16.1. The van der Waals surface area contributed by atoms with Gasteiger partial charge in [0, 0.05) is 5.56 Å². The Kier molecular flexibility index (Phi) is 3.06. The van der Waals surface area contributed by atoms with Crippen molar-refractivity contribution in [2.24, 2.45) is 0 Å². The number of aromatic hydroxyl groups is 1. The molecule has 3 N–H and O–H groups in total. The summed E-state index contributed by atoms with van der Waals surface area (Å²) in [7, 11) is -4.22. The van der Waals surface area contributed by atoms with E-state index in [1.165, 1.54) is 12.3 Å². The topological polar surface area (TPSA) is 115 Å². The van der Waals surface area contributed by atoms with Crippen LogP contribution in [0.15, 0.2) is 18.3 Å². The number of aromatic amines is 1. The number of nitrogens with one attached hydrogen (secondary N) is 2. The van der Waals surface area contributed by atoms with Crippen LogP contribution in [0.1, 0.15) is 5.82 Å². The average Bonchev–Trinajstić information content (AvgIpc) is 2.93. The number of benzene rings is 1. The van der Waals surface area contributed by atoms with Gasteiger partial charge in [-0.2, -0.15) is 8.42 Å². The molecule has 1 fully saturated rings. The standard InChI is InChI=1S/C12H11FN4O4S/c1-6-14-4-8(15-6)7-2-3-9(18)12(11(7)13)17-5-10(19)16-22(17,20)21/h2-4,18H,5H2,1H3,(H,14,15)(H,16,19). The Balaban J connectivity index is 2.19. The van der Waals surface area contributed by atoms with Crippen molar-refractivity contribution < 1.29 is 22.7 Å². The molecule has 0 atom stereocenters. The molecule has 8 nitrogen and oxygen atoms in total. The minimum Gasteiger partial charge on any atom is -0.506 e. The first-order valence-corrected chi connectivity index (χ1v) is 7.60. The van der Waals surface area contributed by atoms with E-state index in [0.29, 0.717) is 15.8 Å². The molecule has 2 aromatic rings. The van der Waals surface area contributed by atoms with Gasteiger partial charge in [0.2, 0.25) is 0 Å². The Morgan fingerprint density at radius 3 is 2.68 bits per heavy atom. The summed E-state index contributed by atoms with van der Waals surface area (Å²) in [5.74, 6) is -1.81. The molecule has 0 bridgehead atoms. The first-order valence-electron chi connectivity index (χ1n) is 6.16. The maximum Gasteiger partial charge on any atom is 0.326 e. The highest BCUT2D eigenvalue weighted by molar-refractivity contribution is 7.92. The third-order valence-corrected chi connectivity index (χ3v) is 4.54. The highest BCUT2D eigenvalue weighted by Gasteiger charge is 2.38. The van der Waals surface area contributed by atoms with Crippen LogP contribution in [0, 0.1) is 12.7 Å². The van der Waals surface area contributed by atoms with Crippen molar-refractivity contribution in [2.75, 3.05) is 10.8 Å². The molecule has 1 aliphatic heterocycles. The van der Waals surface area contributed by atoms with Crippen molar-refractivity contribution in [3.8, 4) is 17.0 Å². The molecule has 22 heavy (non-hydrogen) atoms. The van der Waals surface area contributed by atoms with Crippen LogP contribution < -0.4 is 9.03 Å². The Labute approximate surface area is 124 Å². The Morgan fingerprint density at radius 1 is 1.41 bits per heavy atom. The fraction of sp³-hybridized carbons (Fsp3) is 0.167. The van der Waals surface area contributed by atoms with Crippen LogP contribution >= 0.6 is 0 Å². The number of imidazole rings is 1. The normalized spacial score (nSPS) is 16.8. The van der Waals surface area contributed by atoms with Gasteiger partial charge in [0.25, 0.3) is 5.91 Å². The molecular formula is C12H11FN4O4S. The molecule has 116 valence electrons. The summed E-state index contributed by atoms with van der Waals surface area (Å²) >= 11 is 0. The summed E-state index contributed by atoms with van der Waals surface area (Å²) in [6.45, 7) is 1.08. The van der Waals surface area contributed by atoms with Gasteiger partial charge in [-0.15, -0.1) is 0 Å². The second-order valence-electron chi connectivity index (χ2n) is 4.71. The number of anilines is 1. The number of carbonyl (C=O) groups is 1. The molecule has 1 amide bonds. The summed E-state index contributed by atoms with van der Waals surface area (Å²) in [5.41, 5.74) is -0.224. The lowest BCUT2D eigenvalue weighted by Crippen LogP contribution is -2.30. The van der Waals surface area contributed by atoms with Crippen molar-refractivity contribution in [3.63, 3.8) is 0 Å². The molecule has 1 saturated heterocycles. The Morgan fingerprint density at radius 2 is 2.14 bits per heavy atom.